The van der Waals surface area contributed by atoms with Gasteiger partial charge in [-0.15, -0.1) is 0 Å². The van der Waals surface area contributed by atoms with Gasteiger partial charge >= 0.3 is 0 Å². The van der Waals surface area contributed by atoms with Crippen LogP contribution in [-0.2, 0) is 10.0 Å². The first-order chi connectivity index (χ1) is 9.38. The number of aromatic nitrogens is 1. The maximum Gasteiger partial charge on any atom is 0.243 e. The Balaban J connectivity index is 2.17. The Morgan fingerprint density at radius 3 is 2.70 bits per heavy atom. The molecule has 112 valence electrons. The molecule has 1 heterocycles. The summed E-state index contributed by atoms with van der Waals surface area (Å²) in [6.07, 6.45) is 5.13. The lowest BCUT2D eigenvalue weighted by Gasteiger charge is -2.26. The summed E-state index contributed by atoms with van der Waals surface area (Å²) < 4.78 is 27.6. The molecule has 1 aliphatic rings. The van der Waals surface area contributed by atoms with Gasteiger partial charge in [-0.2, -0.15) is 0 Å². The van der Waals surface area contributed by atoms with E-state index in [0.29, 0.717) is 4.47 Å². The number of nitrogens with one attached hydrogen (secondary N) is 1. The lowest BCUT2D eigenvalue weighted by molar-refractivity contribution is 0.134. The number of halogens is 2. The molecule has 5 nitrogen and oxygen atoms in total. The topological polar surface area (TPSA) is 79.3 Å². The van der Waals surface area contributed by atoms with E-state index in [4.69, 9.17) is 11.6 Å². The molecule has 1 fully saturated rings. The van der Waals surface area contributed by atoms with Crippen LogP contribution in [0.5, 0.6) is 0 Å². The van der Waals surface area contributed by atoms with Gasteiger partial charge in [0.2, 0.25) is 10.0 Å². The van der Waals surface area contributed by atoms with Crippen molar-refractivity contribution in [3.05, 3.63) is 21.9 Å². The summed E-state index contributed by atoms with van der Waals surface area (Å²) in [5.41, 5.74) is -0.348. The number of pyridine rings is 1. The van der Waals surface area contributed by atoms with Crippen LogP contribution in [-0.4, -0.2) is 31.7 Å². The average molecular weight is 384 g/mol. The van der Waals surface area contributed by atoms with Crippen LogP contribution >= 0.6 is 27.5 Å². The molecule has 2 rings (SSSR count). The Morgan fingerprint density at radius 2 is 2.10 bits per heavy atom. The number of rotatable bonds is 5. The van der Waals surface area contributed by atoms with E-state index in [1.807, 2.05) is 0 Å². The van der Waals surface area contributed by atoms with Crippen LogP contribution in [0.25, 0.3) is 0 Å². The minimum Gasteiger partial charge on any atom is -0.396 e. The monoisotopic (exact) mass is 382 g/mol. The molecule has 0 radical (unpaired) electrons. The number of aliphatic hydroxyl groups excluding tert-OH is 1. The van der Waals surface area contributed by atoms with E-state index in [1.54, 1.807) is 0 Å². The third kappa shape index (κ3) is 3.51. The van der Waals surface area contributed by atoms with Crippen molar-refractivity contribution in [1.82, 2.24) is 9.71 Å². The fourth-order valence-electron chi connectivity index (χ4n) is 2.43. The summed E-state index contributed by atoms with van der Waals surface area (Å²) in [6.45, 7) is 0.203. The molecule has 0 amide bonds. The molecule has 0 unspecified atom stereocenters. The molecule has 0 atom stereocenters. The van der Waals surface area contributed by atoms with Crippen LogP contribution in [0.15, 0.2) is 21.6 Å². The zero-order valence-corrected chi connectivity index (χ0v) is 13.9. The molecule has 2 N–H and O–H groups in total. The number of sulfonamides is 1. The minimum absolute atomic E-state index is 0.0139. The van der Waals surface area contributed by atoms with E-state index in [9.17, 15) is 13.5 Å². The summed E-state index contributed by atoms with van der Waals surface area (Å²) in [4.78, 5) is 3.76. The van der Waals surface area contributed by atoms with E-state index >= 15 is 0 Å². The molecular weight excluding hydrogens is 368 g/mol. The molecule has 1 aromatic heterocycles. The maximum absolute atomic E-state index is 12.3. The van der Waals surface area contributed by atoms with Crippen molar-refractivity contribution in [3.8, 4) is 0 Å². The van der Waals surface area contributed by atoms with Gasteiger partial charge in [0.05, 0.1) is 0 Å². The summed E-state index contributed by atoms with van der Waals surface area (Å²) in [5.74, 6) is 0. The van der Waals surface area contributed by atoms with E-state index in [2.05, 4.69) is 25.6 Å². The largest absolute Gasteiger partial charge is 0.396 e. The van der Waals surface area contributed by atoms with Crippen molar-refractivity contribution >= 4 is 37.6 Å². The second-order valence-corrected chi connectivity index (χ2v) is 8.14. The van der Waals surface area contributed by atoms with E-state index in [0.717, 1.165) is 25.7 Å². The predicted molar refractivity (Wildman–Crippen MR) is 80.1 cm³/mol. The standard InChI is InChI=1S/C12H16BrClN2O3S/c13-9-5-10(11(14)15-6-9)20(18,19)16-7-12(8-17)3-1-2-4-12/h5-6,16-17H,1-4,7-8H2. The highest BCUT2D eigenvalue weighted by Gasteiger charge is 2.34. The lowest BCUT2D eigenvalue weighted by atomic mass is 9.88. The molecule has 8 heteroatoms. The fourth-order valence-corrected chi connectivity index (χ4v) is 4.53. The Kier molecular flexibility index (Phi) is 5.07. The molecular formula is C12H16BrClN2O3S. The highest BCUT2D eigenvalue weighted by atomic mass is 79.9. The SMILES string of the molecule is O=S(=O)(NCC1(CO)CCCC1)c1cc(Br)cnc1Cl. The van der Waals surface area contributed by atoms with Crippen LogP contribution in [0.2, 0.25) is 5.15 Å². The zero-order valence-electron chi connectivity index (χ0n) is 10.8. The average Bonchev–Trinajstić information content (AvgIpc) is 2.89. The second kappa shape index (κ2) is 6.27. The lowest BCUT2D eigenvalue weighted by Crippen LogP contribution is -2.38. The molecule has 0 spiro atoms. The van der Waals surface area contributed by atoms with Gasteiger partial charge in [0.15, 0.2) is 0 Å². The van der Waals surface area contributed by atoms with Gasteiger partial charge in [0.25, 0.3) is 0 Å². The summed E-state index contributed by atoms with van der Waals surface area (Å²) in [5, 5.41) is 9.44. The Morgan fingerprint density at radius 1 is 1.45 bits per heavy atom. The van der Waals surface area contributed by atoms with E-state index < -0.39 is 10.0 Å². The molecule has 0 saturated heterocycles. The van der Waals surface area contributed by atoms with Gasteiger partial charge in [-0.25, -0.2) is 18.1 Å². The summed E-state index contributed by atoms with van der Waals surface area (Å²) in [6, 6.07) is 1.41. The molecule has 1 saturated carbocycles. The smallest absolute Gasteiger partial charge is 0.243 e. The quantitative estimate of drug-likeness (QED) is 0.765. The van der Waals surface area contributed by atoms with Crippen molar-refractivity contribution in [3.63, 3.8) is 0 Å². The van der Waals surface area contributed by atoms with Crippen molar-refractivity contribution in [2.24, 2.45) is 5.41 Å². The third-order valence-electron chi connectivity index (χ3n) is 3.70. The Labute approximate surface area is 131 Å². The minimum atomic E-state index is -3.73. The van der Waals surface area contributed by atoms with Crippen LogP contribution < -0.4 is 4.72 Å². The summed E-state index contributed by atoms with van der Waals surface area (Å²) >= 11 is 9.02. The van der Waals surface area contributed by atoms with Crippen LogP contribution in [0.3, 0.4) is 0 Å². The fraction of sp³-hybridized carbons (Fsp3) is 0.583. The van der Waals surface area contributed by atoms with Crippen molar-refractivity contribution < 1.29 is 13.5 Å². The number of aliphatic hydroxyl groups is 1. The molecule has 20 heavy (non-hydrogen) atoms. The van der Waals surface area contributed by atoms with Crippen molar-refractivity contribution in [2.75, 3.05) is 13.2 Å². The van der Waals surface area contributed by atoms with Gasteiger partial charge in [-0.1, -0.05) is 24.4 Å². The zero-order chi connectivity index (χ0) is 14.8. The highest BCUT2D eigenvalue weighted by molar-refractivity contribution is 9.10. The third-order valence-corrected chi connectivity index (χ3v) is 5.96. The van der Waals surface area contributed by atoms with Crippen molar-refractivity contribution in [1.29, 1.82) is 0 Å². The molecule has 1 aromatic rings. The number of hydrogen-bond acceptors (Lipinski definition) is 4. The predicted octanol–water partition coefficient (Wildman–Crippen LogP) is 2.33. The molecule has 0 aliphatic heterocycles. The number of hydrogen-bond donors (Lipinski definition) is 2. The normalized spacial score (nSPS) is 18.4. The van der Waals surface area contributed by atoms with Crippen LogP contribution in [0.4, 0.5) is 0 Å². The maximum atomic E-state index is 12.3. The van der Waals surface area contributed by atoms with Crippen LogP contribution in [0.1, 0.15) is 25.7 Å². The first kappa shape index (κ1) is 16.2. The summed E-state index contributed by atoms with van der Waals surface area (Å²) in [7, 11) is -3.73. The first-order valence-corrected chi connectivity index (χ1v) is 8.96. The Hall–Kier alpha value is -0.210. The van der Waals surface area contributed by atoms with Crippen molar-refractivity contribution in [2.45, 2.75) is 30.6 Å². The van der Waals surface area contributed by atoms with Gasteiger partial charge < -0.3 is 5.11 Å². The Bertz CT molecular complexity index is 588. The van der Waals surface area contributed by atoms with Gasteiger partial charge in [0, 0.05) is 29.2 Å². The van der Waals surface area contributed by atoms with Crippen LogP contribution in [0, 0.1) is 5.41 Å². The van der Waals surface area contributed by atoms with E-state index in [-0.39, 0.29) is 28.6 Å². The number of nitrogens with zero attached hydrogens (tertiary/aromatic N) is 1. The van der Waals surface area contributed by atoms with Gasteiger partial charge in [-0.3, -0.25) is 0 Å². The molecule has 0 aromatic carbocycles. The molecule has 1 aliphatic carbocycles. The highest BCUT2D eigenvalue weighted by Crippen LogP contribution is 2.37. The second-order valence-electron chi connectivity index (χ2n) is 5.13. The van der Waals surface area contributed by atoms with Gasteiger partial charge in [0.1, 0.15) is 10.0 Å². The first-order valence-electron chi connectivity index (χ1n) is 6.30. The molecule has 0 bridgehead atoms. The van der Waals surface area contributed by atoms with E-state index in [1.165, 1.54) is 12.3 Å². The van der Waals surface area contributed by atoms with Gasteiger partial charge in [-0.05, 0) is 34.8 Å².